The highest BCUT2D eigenvalue weighted by molar-refractivity contribution is 5.43. The molecule has 46 heavy (non-hydrogen) atoms. The van der Waals surface area contributed by atoms with Crippen LogP contribution in [0.15, 0.2) is 48.5 Å². The number of nitrogens with zero attached hydrogens (tertiary/aromatic N) is 2. The number of rotatable bonds is 4. The average Bonchev–Trinajstić information content (AvgIpc) is 3.05. The van der Waals surface area contributed by atoms with Gasteiger partial charge >= 0.3 is 0 Å². The third-order valence-electron chi connectivity index (χ3n) is 7.27. The molecule has 0 aliphatic carbocycles. The highest BCUT2D eigenvalue weighted by Gasteiger charge is 2.44. The molecular weight excluding hydrogens is 604 g/mol. The number of non-ortho nitro benzene ring substituents is 2. The fraction of sp³-hybridized carbons (Fsp3) is 0.375. The van der Waals surface area contributed by atoms with Gasteiger partial charge in [-0.05, 0) is 36.1 Å². The summed E-state index contributed by atoms with van der Waals surface area (Å²) in [6.45, 7) is -1.15. The fourth-order valence-corrected chi connectivity index (χ4v) is 4.72. The Hall–Kier alpha value is -4.84. The number of hydrogen-bond donors (Lipinski definition) is 6. The Morgan fingerprint density at radius 3 is 1.41 bits per heavy atom. The SMILES string of the molecule is O=[N+]([O-])c1ccc(C#C[C@H]2[C@H](O)[C@@H](O)[C@H](C#CC#C[C@H]3[C@H](O)[C@@H](O)[C@H](C#Cc4ccc([N+](=O)[O-])cc4)O[C@@H]3CO)O[C@@H]2CO)cc1. The van der Waals surface area contributed by atoms with E-state index < -0.39 is 83.7 Å². The Kier molecular flexibility index (Phi) is 11.4. The molecule has 2 aromatic carbocycles. The second kappa shape index (κ2) is 15.4. The van der Waals surface area contributed by atoms with E-state index >= 15 is 0 Å². The number of aliphatic hydroxyl groups is 6. The second-order valence-electron chi connectivity index (χ2n) is 10.3. The molecule has 0 bridgehead atoms. The molecule has 2 aliphatic heterocycles. The maximum Gasteiger partial charge on any atom is 0.269 e. The summed E-state index contributed by atoms with van der Waals surface area (Å²) in [5.41, 5.74) is 0.564. The summed E-state index contributed by atoms with van der Waals surface area (Å²) in [6.07, 6.45) is -10.6. The van der Waals surface area contributed by atoms with Gasteiger partial charge in [-0.2, -0.15) is 0 Å². The molecule has 238 valence electrons. The van der Waals surface area contributed by atoms with Gasteiger partial charge in [0.15, 0.2) is 0 Å². The monoisotopic (exact) mass is 632 g/mol. The Morgan fingerprint density at radius 1 is 0.587 bits per heavy atom. The van der Waals surface area contributed by atoms with Crippen molar-refractivity contribution in [2.45, 2.75) is 48.8 Å². The number of nitro groups is 2. The summed E-state index contributed by atoms with van der Waals surface area (Å²) in [7, 11) is 0. The van der Waals surface area contributed by atoms with Gasteiger partial charge in [-0.15, -0.1) is 0 Å². The second-order valence-corrected chi connectivity index (χ2v) is 10.3. The minimum atomic E-state index is -1.54. The van der Waals surface area contributed by atoms with Crippen LogP contribution in [0, 0.1) is 79.4 Å². The van der Waals surface area contributed by atoms with Gasteiger partial charge < -0.3 is 40.1 Å². The molecule has 14 heteroatoms. The predicted molar refractivity (Wildman–Crippen MR) is 158 cm³/mol. The van der Waals surface area contributed by atoms with Crippen LogP contribution in [0.4, 0.5) is 11.4 Å². The van der Waals surface area contributed by atoms with Crippen molar-refractivity contribution in [3.8, 4) is 47.4 Å². The molecule has 0 unspecified atom stereocenters. The van der Waals surface area contributed by atoms with Crippen LogP contribution >= 0.6 is 0 Å². The van der Waals surface area contributed by atoms with E-state index in [9.17, 15) is 50.9 Å². The van der Waals surface area contributed by atoms with Crippen LogP contribution in [0.2, 0.25) is 0 Å². The third kappa shape index (κ3) is 8.05. The van der Waals surface area contributed by atoms with Crippen molar-refractivity contribution in [1.82, 2.24) is 0 Å². The van der Waals surface area contributed by atoms with Gasteiger partial charge in [0.1, 0.15) is 24.4 Å². The summed E-state index contributed by atoms with van der Waals surface area (Å²) >= 11 is 0. The lowest BCUT2D eigenvalue weighted by Crippen LogP contribution is -2.54. The summed E-state index contributed by atoms with van der Waals surface area (Å²) in [5, 5.41) is 83.9. The lowest BCUT2D eigenvalue weighted by Gasteiger charge is -2.38. The van der Waals surface area contributed by atoms with Gasteiger partial charge in [0.2, 0.25) is 0 Å². The quantitative estimate of drug-likeness (QED) is 0.137. The summed E-state index contributed by atoms with van der Waals surface area (Å²) in [4.78, 5) is 20.5. The van der Waals surface area contributed by atoms with Gasteiger partial charge in [-0.25, -0.2) is 0 Å². The van der Waals surface area contributed by atoms with E-state index in [4.69, 9.17) is 9.47 Å². The van der Waals surface area contributed by atoms with Crippen LogP contribution in [-0.4, -0.2) is 103 Å². The van der Waals surface area contributed by atoms with Gasteiger partial charge in [-0.3, -0.25) is 20.2 Å². The number of nitro benzene ring substituents is 2. The largest absolute Gasteiger partial charge is 0.394 e. The molecule has 0 spiro atoms. The van der Waals surface area contributed by atoms with Crippen LogP contribution in [0.5, 0.6) is 0 Å². The molecule has 14 nitrogen and oxygen atoms in total. The minimum Gasteiger partial charge on any atom is -0.394 e. The zero-order valence-electron chi connectivity index (χ0n) is 23.8. The maximum atomic E-state index is 10.8. The molecule has 0 radical (unpaired) electrons. The Bertz CT molecular complexity index is 1660. The first kappa shape index (κ1) is 34.0. The van der Waals surface area contributed by atoms with Crippen molar-refractivity contribution in [2.75, 3.05) is 13.2 Å². The Morgan fingerprint density at radius 2 is 0.978 bits per heavy atom. The Balaban J connectivity index is 1.42. The molecule has 10 atom stereocenters. The molecule has 2 saturated heterocycles. The standard InChI is InChI=1S/C32H28N2O12/c35-17-27-23(29(37)32(40)26(46-27)16-10-20-7-13-22(14-8-20)34(43)44)3-1-2-4-25-31(39)30(38)24(28(18-36)45-25)15-9-19-5-11-21(12-6-19)33(41)42/h5-8,11-14,23-32,35-40H,17-18H2/t23-,24-,25+,26+,27-,28-,29+,30+,31+,32+/m1/s1. The van der Waals surface area contributed by atoms with E-state index in [0.29, 0.717) is 11.1 Å². The third-order valence-corrected chi connectivity index (χ3v) is 7.27. The highest BCUT2D eigenvalue weighted by Crippen LogP contribution is 2.27. The van der Waals surface area contributed by atoms with E-state index in [-0.39, 0.29) is 11.4 Å². The van der Waals surface area contributed by atoms with Crippen LogP contribution in [0.3, 0.4) is 0 Å². The van der Waals surface area contributed by atoms with E-state index in [0.717, 1.165) is 0 Å². The maximum absolute atomic E-state index is 10.8. The highest BCUT2D eigenvalue weighted by atomic mass is 16.6. The average molecular weight is 633 g/mol. The van der Waals surface area contributed by atoms with Crippen molar-refractivity contribution >= 4 is 11.4 Å². The predicted octanol–water partition coefficient (Wildman–Crippen LogP) is -0.892. The number of benzene rings is 2. The van der Waals surface area contributed by atoms with Crippen molar-refractivity contribution in [3.05, 3.63) is 79.9 Å². The van der Waals surface area contributed by atoms with E-state index in [1.165, 1.54) is 48.5 Å². The van der Waals surface area contributed by atoms with Gasteiger partial charge in [0.25, 0.3) is 11.4 Å². The van der Waals surface area contributed by atoms with E-state index in [2.05, 4.69) is 47.4 Å². The summed E-state index contributed by atoms with van der Waals surface area (Å²) in [6, 6.07) is 10.7. The molecule has 2 aromatic rings. The van der Waals surface area contributed by atoms with E-state index in [1.54, 1.807) is 0 Å². The van der Waals surface area contributed by atoms with Crippen LogP contribution in [0.1, 0.15) is 11.1 Å². The zero-order chi connectivity index (χ0) is 33.4. The number of ether oxygens (including phenoxy) is 2. The van der Waals surface area contributed by atoms with Gasteiger partial charge in [0, 0.05) is 35.4 Å². The van der Waals surface area contributed by atoms with Crippen LogP contribution in [-0.2, 0) is 9.47 Å². The molecule has 2 fully saturated rings. The lowest BCUT2D eigenvalue weighted by atomic mass is 9.86. The summed E-state index contributed by atoms with van der Waals surface area (Å²) < 4.78 is 11.3. The Labute approximate surface area is 262 Å². The van der Waals surface area contributed by atoms with Crippen LogP contribution in [0.25, 0.3) is 0 Å². The van der Waals surface area contributed by atoms with Gasteiger partial charge in [0.05, 0.1) is 59.3 Å². The fourth-order valence-electron chi connectivity index (χ4n) is 4.72. The molecule has 2 heterocycles. The van der Waals surface area contributed by atoms with E-state index in [1.807, 2.05) is 0 Å². The first-order valence-electron chi connectivity index (χ1n) is 13.8. The molecule has 0 amide bonds. The normalized spacial score (nSPS) is 30.0. The first-order chi connectivity index (χ1) is 22.0. The minimum absolute atomic E-state index is 0.121. The lowest BCUT2D eigenvalue weighted by molar-refractivity contribution is -0.385. The van der Waals surface area contributed by atoms with Crippen molar-refractivity contribution in [1.29, 1.82) is 0 Å². The topological polar surface area (TPSA) is 226 Å². The molecular formula is C32H28N2O12. The van der Waals surface area contributed by atoms with Gasteiger partial charge in [-0.1, -0.05) is 35.5 Å². The van der Waals surface area contributed by atoms with Crippen molar-refractivity contribution in [3.63, 3.8) is 0 Å². The van der Waals surface area contributed by atoms with Crippen molar-refractivity contribution < 1.29 is 50.0 Å². The first-order valence-corrected chi connectivity index (χ1v) is 13.8. The number of aliphatic hydroxyl groups excluding tert-OH is 6. The van der Waals surface area contributed by atoms with Crippen LogP contribution < -0.4 is 0 Å². The molecule has 0 saturated carbocycles. The molecule has 4 rings (SSSR count). The molecule has 6 N–H and O–H groups in total. The smallest absolute Gasteiger partial charge is 0.269 e. The molecule has 0 aromatic heterocycles. The summed E-state index contributed by atoms with van der Waals surface area (Å²) in [5.74, 6) is 18.8. The molecule has 2 aliphatic rings. The number of hydrogen-bond acceptors (Lipinski definition) is 12. The zero-order valence-corrected chi connectivity index (χ0v) is 23.8. The van der Waals surface area contributed by atoms with Crippen molar-refractivity contribution in [2.24, 2.45) is 11.8 Å².